The molecule has 0 heterocycles. The van der Waals surface area contributed by atoms with E-state index in [4.69, 9.17) is 0 Å². The standard InChI is InChI=1S/2C11H11.C2H7Si.Zr/c2*1-8-6-10-5-3-4-9(2)11(10)7-8;1-3-2;/h2*3-7H,1-2H3;3H,1-2H3;. The number of hydrogen-bond donors (Lipinski definition) is 0. The van der Waals surface area contributed by atoms with E-state index in [9.17, 15) is 0 Å². The van der Waals surface area contributed by atoms with Gasteiger partial charge in [-0.05, 0) is 0 Å². The van der Waals surface area contributed by atoms with Crippen LogP contribution in [0.15, 0.2) is 47.5 Å². The molecule has 2 aromatic rings. The fraction of sp³-hybridized carbons (Fsp3) is 0.333. The van der Waals surface area contributed by atoms with Gasteiger partial charge in [-0.25, -0.2) is 0 Å². The molecule has 0 saturated heterocycles. The topological polar surface area (TPSA) is 0 Å². The van der Waals surface area contributed by atoms with Crippen LogP contribution in [-0.4, -0.2) is 5.92 Å². The van der Waals surface area contributed by atoms with E-state index in [1.807, 2.05) is 0 Å². The summed E-state index contributed by atoms with van der Waals surface area (Å²) < 4.78 is 1.55. The van der Waals surface area contributed by atoms with Gasteiger partial charge in [-0.1, -0.05) is 0 Å². The van der Waals surface area contributed by atoms with Crippen LogP contribution in [0.4, 0.5) is 0 Å². The Morgan fingerprint density at radius 2 is 1.12 bits per heavy atom. The monoisotopic (exact) mass is 435 g/mol. The van der Waals surface area contributed by atoms with Crippen molar-refractivity contribution in [3.05, 3.63) is 80.9 Å². The number of hydrogen-bond acceptors (Lipinski definition) is 0. The molecule has 0 saturated carbocycles. The predicted molar refractivity (Wildman–Crippen MR) is 114 cm³/mol. The first-order valence-electron chi connectivity index (χ1n) is 9.82. The third-order valence-electron chi connectivity index (χ3n) is 6.33. The van der Waals surface area contributed by atoms with E-state index in [0.29, 0.717) is 0 Å². The molecule has 0 spiro atoms. The van der Waals surface area contributed by atoms with E-state index < -0.39 is 26.8 Å². The van der Waals surface area contributed by atoms with Gasteiger partial charge in [0.25, 0.3) is 0 Å². The van der Waals surface area contributed by atoms with Crippen molar-refractivity contribution in [2.45, 2.75) is 48.0 Å². The molecule has 0 fully saturated rings. The van der Waals surface area contributed by atoms with Gasteiger partial charge in [-0.3, -0.25) is 0 Å². The van der Waals surface area contributed by atoms with Gasteiger partial charge in [0.2, 0.25) is 0 Å². The fourth-order valence-corrected chi connectivity index (χ4v) is 28.4. The number of allylic oxidation sites excluding steroid dienone is 2. The summed E-state index contributed by atoms with van der Waals surface area (Å²) in [5, 5.41) is 0. The first kappa shape index (κ1) is 18.4. The second-order valence-electron chi connectivity index (χ2n) is 8.45. The van der Waals surface area contributed by atoms with Crippen LogP contribution in [0.1, 0.15) is 54.5 Å². The molecule has 133 valence electrons. The normalized spacial score (nSPS) is 20.7. The minimum absolute atomic E-state index is 0.703. The van der Waals surface area contributed by atoms with Crippen LogP contribution < -0.4 is 0 Å². The Morgan fingerprint density at radius 3 is 1.50 bits per heavy atom. The van der Waals surface area contributed by atoms with Crippen molar-refractivity contribution in [3.63, 3.8) is 0 Å². The average Bonchev–Trinajstić information content (AvgIpc) is 3.09. The molecule has 2 atom stereocenters. The fourth-order valence-electron chi connectivity index (χ4n) is 5.14. The van der Waals surface area contributed by atoms with Crippen molar-refractivity contribution in [2.24, 2.45) is 0 Å². The van der Waals surface area contributed by atoms with Crippen molar-refractivity contribution in [3.8, 4) is 0 Å². The van der Waals surface area contributed by atoms with Crippen molar-refractivity contribution in [1.29, 1.82) is 0 Å². The Balaban J connectivity index is 1.86. The predicted octanol–water partition coefficient (Wildman–Crippen LogP) is 6.52. The molecule has 0 bridgehead atoms. The number of aryl methyl sites for hydroxylation is 2. The van der Waals surface area contributed by atoms with E-state index in [1.54, 1.807) is 22.3 Å². The van der Waals surface area contributed by atoms with Crippen LogP contribution >= 0.6 is 0 Å². The Bertz CT molecular complexity index is 862. The molecule has 26 heavy (non-hydrogen) atoms. The molecular weight excluding hydrogens is 408 g/mol. The number of fused-ring (bicyclic) bond motifs is 2. The van der Waals surface area contributed by atoms with Gasteiger partial charge >= 0.3 is 168 Å². The van der Waals surface area contributed by atoms with Crippen molar-refractivity contribution >= 4 is 18.1 Å². The first-order chi connectivity index (χ1) is 12.4. The Hall–Kier alpha value is -0.980. The molecular formula is C24H29SiZr. The second-order valence-corrected chi connectivity index (χ2v) is 28.5. The van der Waals surface area contributed by atoms with E-state index in [-0.39, 0.29) is 0 Å². The zero-order valence-electron chi connectivity index (χ0n) is 16.9. The molecule has 2 heteroatoms. The van der Waals surface area contributed by atoms with Gasteiger partial charge in [0, 0.05) is 0 Å². The SMILES string of the molecule is CC1=Cc2c(C)cccc2[CH]1[Zr]([CH]1C(C)=Cc2c(C)cccc21)[SiH](C)C. The minimum atomic E-state index is -1.78. The molecule has 0 amide bonds. The third kappa shape index (κ3) is 2.81. The maximum atomic E-state index is 2.64. The van der Waals surface area contributed by atoms with Crippen LogP contribution in [0.3, 0.4) is 0 Å². The van der Waals surface area contributed by atoms with Crippen molar-refractivity contribution in [1.82, 2.24) is 0 Å². The zero-order valence-corrected chi connectivity index (χ0v) is 20.5. The van der Waals surface area contributed by atoms with Gasteiger partial charge in [0.1, 0.15) is 0 Å². The molecule has 0 radical (unpaired) electrons. The van der Waals surface area contributed by atoms with Gasteiger partial charge < -0.3 is 0 Å². The molecule has 2 aliphatic rings. The molecule has 2 unspecified atom stereocenters. The average molecular weight is 437 g/mol. The van der Waals surface area contributed by atoms with Crippen molar-refractivity contribution in [2.75, 3.05) is 0 Å². The summed E-state index contributed by atoms with van der Waals surface area (Å²) in [6.45, 7) is 14.6. The Morgan fingerprint density at radius 1 is 0.692 bits per heavy atom. The van der Waals surface area contributed by atoms with E-state index in [2.05, 4.69) is 89.3 Å². The van der Waals surface area contributed by atoms with Crippen LogP contribution in [0.2, 0.25) is 13.1 Å². The zero-order chi connectivity index (χ0) is 18.6. The van der Waals surface area contributed by atoms with Crippen LogP contribution in [0.5, 0.6) is 0 Å². The summed E-state index contributed by atoms with van der Waals surface area (Å²) in [6.07, 6.45) is 5.02. The molecule has 2 aromatic carbocycles. The number of rotatable bonds is 3. The Kier molecular flexibility index (Phi) is 4.86. The first-order valence-corrected chi connectivity index (χ1v) is 19.8. The van der Waals surface area contributed by atoms with Crippen LogP contribution in [0, 0.1) is 13.8 Å². The van der Waals surface area contributed by atoms with Crippen LogP contribution in [0.25, 0.3) is 12.2 Å². The third-order valence-corrected chi connectivity index (χ3v) is 28.5. The van der Waals surface area contributed by atoms with Crippen LogP contribution in [-0.2, 0) is 20.9 Å². The Labute approximate surface area is 167 Å². The summed E-state index contributed by atoms with van der Waals surface area (Å²) in [7, 11) is 0. The molecule has 2 aliphatic carbocycles. The molecule has 0 nitrogen and oxygen atoms in total. The summed E-state index contributed by atoms with van der Waals surface area (Å²) in [4.78, 5) is 0. The van der Waals surface area contributed by atoms with Gasteiger partial charge in [-0.2, -0.15) is 0 Å². The molecule has 4 rings (SSSR count). The second kappa shape index (κ2) is 6.88. The molecule has 0 aliphatic heterocycles. The van der Waals surface area contributed by atoms with Gasteiger partial charge in [-0.15, -0.1) is 0 Å². The quantitative estimate of drug-likeness (QED) is 0.480. The number of benzene rings is 2. The van der Waals surface area contributed by atoms with Gasteiger partial charge in [0.15, 0.2) is 0 Å². The maximum absolute atomic E-state index is 2.64. The van der Waals surface area contributed by atoms with E-state index >= 15 is 0 Å². The van der Waals surface area contributed by atoms with E-state index in [0.717, 1.165) is 7.25 Å². The summed E-state index contributed by atoms with van der Waals surface area (Å²) in [6, 6.07) is 14.0. The van der Waals surface area contributed by atoms with Gasteiger partial charge in [0.05, 0.1) is 0 Å². The van der Waals surface area contributed by atoms with E-state index in [1.165, 1.54) is 22.3 Å². The molecule has 0 N–H and O–H groups in total. The van der Waals surface area contributed by atoms with Crippen molar-refractivity contribution < 1.29 is 20.9 Å². The summed E-state index contributed by atoms with van der Waals surface area (Å²) in [5.74, 6) is -0.703. The molecule has 0 aromatic heterocycles. The summed E-state index contributed by atoms with van der Waals surface area (Å²) >= 11 is -1.78. The summed E-state index contributed by atoms with van der Waals surface area (Å²) in [5.41, 5.74) is 12.6.